The van der Waals surface area contributed by atoms with E-state index in [-0.39, 0.29) is 37.9 Å². The Hall–Kier alpha value is -0.960. The van der Waals surface area contributed by atoms with E-state index < -0.39 is 35.0 Å². The molecule has 0 saturated carbocycles. The van der Waals surface area contributed by atoms with Crippen LogP contribution in [-0.4, -0.2) is 42.4 Å². The van der Waals surface area contributed by atoms with Gasteiger partial charge in [-0.1, -0.05) is 0 Å². The van der Waals surface area contributed by atoms with Crippen LogP contribution in [0.4, 0.5) is 23.2 Å². The van der Waals surface area contributed by atoms with Gasteiger partial charge in [0.25, 0.3) is 0 Å². The number of hydrogen-bond acceptors (Lipinski definition) is 4. The average molecular weight is 366 g/mol. The molecule has 1 saturated heterocycles. The van der Waals surface area contributed by atoms with Crippen molar-refractivity contribution in [3.05, 3.63) is 23.5 Å². The largest absolute Gasteiger partial charge is 0.505 e. The van der Waals surface area contributed by atoms with Crippen molar-refractivity contribution >= 4 is 30.5 Å². The van der Waals surface area contributed by atoms with Crippen molar-refractivity contribution in [1.82, 2.24) is 10.2 Å². The lowest BCUT2D eigenvalue weighted by Crippen LogP contribution is -2.49. The summed E-state index contributed by atoms with van der Waals surface area (Å²) < 4.78 is 53.2. The molecule has 1 atom stereocenters. The number of phenolic OH excluding ortho intramolecular Hbond substituents is 1. The Kier molecular flexibility index (Phi) is 7.70. The van der Waals surface area contributed by atoms with Gasteiger partial charge in [0.05, 0.1) is 5.69 Å². The van der Waals surface area contributed by atoms with E-state index in [1.54, 1.807) is 0 Å². The third kappa shape index (κ3) is 4.52. The van der Waals surface area contributed by atoms with Crippen LogP contribution in [0, 0.1) is 5.82 Å². The normalized spacial score (nSPS) is 17.3. The number of piperazine rings is 1. The van der Waals surface area contributed by atoms with Gasteiger partial charge >= 0.3 is 6.18 Å². The van der Waals surface area contributed by atoms with E-state index in [0.29, 0.717) is 19.2 Å². The molecule has 1 aromatic carbocycles. The molecule has 0 radical (unpaired) electrons. The van der Waals surface area contributed by atoms with Crippen LogP contribution in [-0.2, 0) is 0 Å². The number of rotatable bonds is 2. The summed E-state index contributed by atoms with van der Waals surface area (Å²) in [6, 6.07) is -0.585. The number of nitrogens with zero attached hydrogens (tertiary/aromatic N) is 1. The molecule has 0 amide bonds. The van der Waals surface area contributed by atoms with Crippen molar-refractivity contribution in [3.63, 3.8) is 0 Å². The molecule has 0 aromatic heterocycles. The fourth-order valence-corrected chi connectivity index (χ4v) is 2.37. The molecule has 4 nitrogen and oxygen atoms in total. The van der Waals surface area contributed by atoms with Crippen LogP contribution in [0.3, 0.4) is 0 Å². The number of nitrogens with one attached hydrogen (secondary N) is 1. The summed E-state index contributed by atoms with van der Waals surface area (Å²) >= 11 is 0. The predicted octanol–water partition coefficient (Wildman–Crippen LogP) is 2.47. The smallest absolute Gasteiger partial charge is 0.408 e. The fraction of sp³-hybridized carbons (Fsp3) is 0.500. The molecule has 2 rings (SSSR count). The molecule has 1 aliphatic rings. The Morgan fingerprint density at radius 3 is 2.23 bits per heavy atom. The van der Waals surface area contributed by atoms with Crippen LogP contribution < -0.4 is 11.1 Å². The average Bonchev–Trinajstić information content (AvgIpc) is 2.35. The highest BCUT2D eigenvalue weighted by atomic mass is 35.5. The minimum absolute atomic E-state index is 0. The monoisotopic (exact) mass is 365 g/mol. The van der Waals surface area contributed by atoms with Crippen LogP contribution in [0.15, 0.2) is 12.1 Å². The summed E-state index contributed by atoms with van der Waals surface area (Å²) in [6.07, 6.45) is -4.63. The maximum atomic E-state index is 13.3. The summed E-state index contributed by atoms with van der Waals surface area (Å²) in [7, 11) is 0. The van der Waals surface area contributed by atoms with Gasteiger partial charge in [-0.3, -0.25) is 4.90 Å². The fourth-order valence-electron chi connectivity index (χ4n) is 2.37. The van der Waals surface area contributed by atoms with Crippen LogP contribution in [0.1, 0.15) is 11.6 Å². The first-order chi connectivity index (χ1) is 9.30. The molecule has 4 N–H and O–H groups in total. The second-order valence-corrected chi connectivity index (χ2v) is 4.66. The van der Waals surface area contributed by atoms with E-state index in [2.05, 4.69) is 5.32 Å². The predicted molar refractivity (Wildman–Crippen MR) is 80.2 cm³/mol. The maximum absolute atomic E-state index is 13.3. The van der Waals surface area contributed by atoms with Crippen molar-refractivity contribution < 1.29 is 22.7 Å². The number of phenols is 1. The molecular formula is C12H17Cl2F4N3O. The second kappa shape index (κ2) is 8.05. The lowest BCUT2D eigenvalue weighted by molar-refractivity contribution is -0.188. The number of benzene rings is 1. The Morgan fingerprint density at radius 2 is 1.73 bits per heavy atom. The Balaban J connectivity index is 0.00000220. The molecule has 0 aliphatic carbocycles. The summed E-state index contributed by atoms with van der Waals surface area (Å²) in [5.74, 6) is -1.62. The third-order valence-electron chi connectivity index (χ3n) is 3.26. The first-order valence-electron chi connectivity index (χ1n) is 6.10. The van der Waals surface area contributed by atoms with Crippen molar-refractivity contribution in [2.75, 3.05) is 31.9 Å². The van der Waals surface area contributed by atoms with Crippen molar-refractivity contribution in [2.24, 2.45) is 0 Å². The van der Waals surface area contributed by atoms with Crippen LogP contribution in [0.5, 0.6) is 5.75 Å². The zero-order valence-electron chi connectivity index (χ0n) is 11.4. The summed E-state index contributed by atoms with van der Waals surface area (Å²) in [5, 5.41) is 12.7. The number of nitrogen functional groups attached to an aromatic ring is 1. The molecule has 0 unspecified atom stereocenters. The number of halogens is 6. The number of aromatic hydroxyl groups is 1. The Morgan fingerprint density at radius 1 is 1.18 bits per heavy atom. The van der Waals surface area contributed by atoms with Crippen molar-refractivity contribution in [1.29, 1.82) is 0 Å². The van der Waals surface area contributed by atoms with E-state index in [9.17, 15) is 22.7 Å². The topological polar surface area (TPSA) is 61.5 Å². The molecule has 22 heavy (non-hydrogen) atoms. The van der Waals surface area contributed by atoms with E-state index >= 15 is 0 Å². The summed E-state index contributed by atoms with van der Waals surface area (Å²) in [6.45, 7) is 1.11. The molecule has 0 bridgehead atoms. The first-order valence-corrected chi connectivity index (χ1v) is 6.10. The van der Waals surface area contributed by atoms with Crippen LogP contribution >= 0.6 is 24.8 Å². The zero-order valence-corrected chi connectivity index (χ0v) is 13.0. The Labute approximate surface area is 137 Å². The molecule has 128 valence electrons. The van der Waals surface area contributed by atoms with Gasteiger partial charge in [0.15, 0.2) is 0 Å². The van der Waals surface area contributed by atoms with Gasteiger partial charge in [-0.2, -0.15) is 13.2 Å². The molecule has 10 heteroatoms. The third-order valence-corrected chi connectivity index (χ3v) is 3.26. The SMILES string of the molecule is Cl.Cl.Nc1cc(F)cc([C@@H](N2CCNCC2)C(F)(F)F)c1O. The van der Waals surface area contributed by atoms with Gasteiger partial charge in [0.2, 0.25) is 0 Å². The molecule has 1 heterocycles. The van der Waals surface area contributed by atoms with Gasteiger partial charge in [0, 0.05) is 37.8 Å². The van der Waals surface area contributed by atoms with Gasteiger partial charge in [-0.05, 0) is 6.07 Å². The van der Waals surface area contributed by atoms with Gasteiger partial charge in [-0.15, -0.1) is 24.8 Å². The number of anilines is 1. The molecule has 1 aromatic rings. The number of alkyl halides is 3. The van der Waals surface area contributed by atoms with E-state index in [0.717, 1.165) is 11.0 Å². The van der Waals surface area contributed by atoms with Crippen molar-refractivity contribution in [2.45, 2.75) is 12.2 Å². The minimum atomic E-state index is -4.63. The summed E-state index contributed by atoms with van der Waals surface area (Å²) in [5.41, 5.74) is 4.40. The zero-order chi connectivity index (χ0) is 14.9. The van der Waals surface area contributed by atoms with E-state index in [1.807, 2.05) is 0 Å². The molecular weight excluding hydrogens is 349 g/mol. The van der Waals surface area contributed by atoms with Crippen LogP contribution in [0.2, 0.25) is 0 Å². The van der Waals surface area contributed by atoms with Crippen molar-refractivity contribution in [3.8, 4) is 5.75 Å². The second-order valence-electron chi connectivity index (χ2n) is 4.66. The standard InChI is InChI=1S/C12H15F4N3O.2ClH/c13-7-5-8(10(20)9(17)6-7)11(12(14,15)16)19-3-1-18-2-4-19;;/h5-6,11,18,20H,1-4,17H2;2*1H/t11-;;/m1../s1. The van der Waals surface area contributed by atoms with Gasteiger partial charge < -0.3 is 16.2 Å². The lowest BCUT2D eigenvalue weighted by Gasteiger charge is -2.36. The minimum Gasteiger partial charge on any atom is -0.505 e. The van der Waals surface area contributed by atoms with Gasteiger partial charge in [0.1, 0.15) is 17.6 Å². The first kappa shape index (κ1) is 21.0. The number of hydrogen-bond donors (Lipinski definition) is 3. The van der Waals surface area contributed by atoms with Crippen LogP contribution in [0.25, 0.3) is 0 Å². The molecule has 0 spiro atoms. The maximum Gasteiger partial charge on any atom is 0.408 e. The van der Waals surface area contributed by atoms with Gasteiger partial charge in [-0.25, -0.2) is 4.39 Å². The highest BCUT2D eigenvalue weighted by Crippen LogP contribution is 2.43. The highest BCUT2D eigenvalue weighted by Gasteiger charge is 2.46. The quantitative estimate of drug-likeness (QED) is 0.428. The highest BCUT2D eigenvalue weighted by molar-refractivity contribution is 5.85. The number of nitrogens with two attached hydrogens (primary N) is 1. The molecule has 1 aliphatic heterocycles. The van der Waals surface area contributed by atoms with E-state index in [4.69, 9.17) is 5.73 Å². The lowest BCUT2D eigenvalue weighted by atomic mass is 10.0. The summed E-state index contributed by atoms with van der Waals surface area (Å²) in [4.78, 5) is 1.16. The van der Waals surface area contributed by atoms with E-state index in [1.165, 1.54) is 0 Å². The Bertz CT molecular complexity index is 496. The molecule has 1 fully saturated rings.